The first-order chi connectivity index (χ1) is 6.74. The lowest BCUT2D eigenvalue weighted by Gasteiger charge is -1.97. The van der Waals surface area contributed by atoms with Crippen LogP contribution in [0.5, 0.6) is 0 Å². The van der Waals surface area contributed by atoms with Gasteiger partial charge in [0.2, 0.25) is 0 Å². The van der Waals surface area contributed by atoms with Crippen molar-refractivity contribution in [2.24, 2.45) is 0 Å². The molecule has 0 nitrogen and oxygen atoms in total. The normalized spacial score (nSPS) is 12.8. The van der Waals surface area contributed by atoms with Gasteiger partial charge in [-0.2, -0.15) is 11.3 Å². The Hall–Kier alpha value is 0.180. The first-order valence-corrected chi connectivity index (χ1v) is 6.29. The standard InChI is InChI=1S/C10H15BrS/c11-7-4-2-1-3-5-10-6-8-12-9-10/h6,8-9H,1-5,7H2/i8T,9T. The molecule has 0 spiro atoms. The molecular weight excluding hydrogens is 232 g/mol. The lowest BCUT2D eigenvalue weighted by Crippen LogP contribution is -1.83. The van der Waals surface area contributed by atoms with Crippen molar-refractivity contribution in [2.75, 3.05) is 5.33 Å². The van der Waals surface area contributed by atoms with Crippen molar-refractivity contribution in [3.63, 3.8) is 0 Å². The maximum absolute atomic E-state index is 7.60. The molecular formula is C10H15BrS. The third-order valence-corrected chi connectivity index (χ3v) is 2.96. The predicted molar refractivity (Wildman–Crippen MR) is 60.3 cm³/mol. The maximum atomic E-state index is 7.60. The largest absolute Gasteiger partial charge is 0.152 e. The van der Waals surface area contributed by atoms with Crippen molar-refractivity contribution in [3.05, 3.63) is 22.3 Å². The topological polar surface area (TPSA) is 0 Å². The molecule has 1 aromatic heterocycles. The van der Waals surface area contributed by atoms with Gasteiger partial charge in [-0.15, -0.1) is 0 Å². The zero-order valence-corrected chi connectivity index (χ0v) is 9.51. The van der Waals surface area contributed by atoms with E-state index in [0.717, 1.165) is 23.7 Å². The van der Waals surface area contributed by atoms with Crippen molar-refractivity contribution < 1.29 is 2.74 Å². The Morgan fingerprint density at radius 1 is 1.33 bits per heavy atom. The van der Waals surface area contributed by atoms with Crippen LogP contribution in [-0.4, -0.2) is 5.33 Å². The Bertz CT molecular complexity index is 273. The fourth-order valence-electron chi connectivity index (χ4n) is 1.11. The highest BCUT2D eigenvalue weighted by molar-refractivity contribution is 9.09. The van der Waals surface area contributed by atoms with Gasteiger partial charge in [-0.1, -0.05) is 28.8 Å². The molecule has 1 heterocycles. The second kappa shape index (κ2) is 6.67. The molecule has 0 unspecified atom stereocenters. The number of aryl methyl sites for hydroxylation is 1. The van der Waals surface area contributed by atoms with Gasteiger partial charge in [-0.25, -0.2) is 0 Å². The first kappa shape index (κ1) is 7.57. The number of rotatable bonds is 6. The third-order valence-electron chi connectivity index (χ3n) is 1.80. The molecule has 0 fully saturated rings. The summed E-state index contributed by atoms with van der Waals surface area (Å²) in [6.45, 7) is 0. The van der Waals surface area contributed by atoms with Gasteiger partial charge in [0.05, 0.1) is 2.74 Å². The molecule has 0 saturated heterocycles. The molecule has 0 bridgehead atoms. The number of thiophene rings is 1. The fourth-order valence-corrected chi connectivity index (χ4v) is 2.06. The number of alkyl halides is 1. The molecule has 0 aliphatic carbocycles. The van der Waals surface area contributed by atoms with Gasteiger partial charge in [-0.05, 0) is 41.6 Å². The molecule has 68 valence electrons. The van der Waals surface area contributed by atoms with E-state index in [1.54, 1.807) is 0 Å². The average Bonchev–Trinajstić information content (AvgIpc) is 2.45. The van der Waals surface area contributed by atoms with Crippen molar-refractivity contribution >= 4 is 27.3 Å². The van der Waals surface area contributed by atoms with E-state index >= 15 is 0 Å². The van der Waals surface area contributed by atoms with Crippen LogP contribution in [-0.2, 0) is 6.42 Å². The highest BCUT2D eigenvalue weighted by Gasteiger charge is 1.92. The lowest BCUT2D eigenvalue weighted by atomic mass is 10.1. The molecule has 2 heteroatoms. The molecule has 0 aliphatic heterocycles. The summed E-state index contributed by atoms with van der Waals surface area (Å²) in [6.07, 6.45) is 5.84. The summed E-state index contributed by atoms with van der Waals surface area (Å²) < 4.78 is 15.0. The molecule has 1 aromatic rings. The Balaban J connectivity index is 2.21. The summed E-state index contributed by atoms with van der Waals surface area (Å²) in [7, 11) is 0. The van der Waals surface area contributed by atoms with Crippen LogP contribution >= 0.6 is 27.3 Å². The van der Waals surface area contributed by atoms with Gasteiger partial charge in [0.25, 0.3) is 0 Å². The van der Waals surface area contributed by atoms with Gasteiger partial charge >= 0.3 is 0 Å². The number of hydrogen-bond acceptors (Lipinski definition) is 1. The second-order valence-electron chi connectivity index (χ2n) is 2.84. The van der Waals surface area contributed by atoms with Crippen LogP contribution in [0.1, 0.15) is 34.0 Å². The smallest absolute Gasteiger partial charge is 0.0742 e. The quantitative estimate of drug-likeness (QED) is 0.524. The Labute approximate surface area is 89.9 Å². The van der Waals surface area contributed by atoms with Crippen LogP contribution in [0.2, 0.25) is 0 Å². The number of hydrogen-bond donors (Lipinski definition) is 0. The van der Waals surface area contributed by atoms with Gasteiger partial charge in [0, 0.05) is 5.33 Å². The van der Waals surface area contributed by atoms with Gasteiger partial charge in [0.15, 0.2) is 0 Å². The number of halogens is 1. The van der Waals surface area contributed by atoms with E-state index < -0.39 is 0 Å². The fraction of sp³-hybridized carbons (Fsp3) is 0.600. The van der Waals surface area contributed by atoms with Gasteiger partial charge < -0.3 is 0 Å². The van der Waals surface area contributed by atoms with E-state index in [2.05, 4.69) is 15.9 Å². The molecule has 0 atom stereocenters. The van der Waals surface area contributed by atoms with Crippen LogP contribution in [0.4, 0.5) is 0 Å². The predicted octanol–water partition coefficient (Wildman–Crippen LogP) is 4.25. The van der Waals surface area contributed by atoms with Gasteiger partial charge in [0.1, 0.15) is 0 Å². The second-order valence-corrected chi connectivity index (χ2v) is 4.28. The minimum absolute atomic E-state index is 0.519. The summed E-state index contributed by atoms with van der Waals surface area (Å²) in [5.74, 6) is 0. The van der Waals surface area contributed by atoms with Crippen molar-refractivity contribution in [3.8, 4) is 0 Å². The van der Waals surface area contributed by atoms with Crippen molar-refractivity contribution in [1.82, 2.24) is 0 Å². The number of unbranched alkanes of at least 4 members (excludes halogenated alkanes) is 3. The van der Waals surface area contributed by atoms with E-state index in [4.69, 9.17) is 2.74 Å². The molecule has 12 heavy (non-hydrogen) atoms. The minimum Gasteiger partial charge on any atom is -0.152 e. The zero-order valence-electron chi connectivity index (χ0n) is 9.11. The summed E-state index contributed by atoms with van der Waals surface area (Å²) in [4.78, 5) is 0. The first-order valence-electron chi connectivity index (χ1n) is 5.36. The van der Waals surface area contributed by atoms with Crippen LogP contribution in [0.3, 0.4) is 0 Å². The summed E-state index contributed by atoms with van der Waals surface area (Å²) >= 11 is 4.67. The lowest BCUT2D eigenvalue weighted by molar-refractivity contribution is 0.672. The van der Waals surface area contributed by atoms with E-state index in [1.165, 1.54) is 30.6 Å². The van der Waals surface area contributed by atoms with Crippen LogP contribution in [0.15, 0.2) is 16.8 Å². The zero-order chi connectivity index (χ0) is 10.4. The van der Waals surface area contributed by atoms with Crippen LogP contribution < -0.4 is 0 Å². The Morgan fingerprint density at radius 2 is 2.17 bits per heavy atom. The Kier molecular flexibility index (Phi) is 4.21. The minimum atomic E-state index is 0.519. The van der Waals surface area contributed by atoms with E-state index in [9.17, 15) is 0 Å². The SMILES string of the molecule is [3H]c1cc(CCCCCCBr)c([3H])s1. The third kappa shape index (κ3) is 4.27. The summed E-state index contributed by atoms with van der Waals surface area (Å²) in [6, 6.07) is 1.83. The molecule has 0 amide bonds. The average molecular weight is 251 g/mol. The highest BCUT2D eigenvalue weighted by atomic mass is 79.9. The molecule has 0 N–H and O–H groups in total. The van der Waals surface area contributed by atoms with Crippen LogP contribution in [0, 0.1) is 0 Å². The van der Waals surface area contributed by atoms with E-state index in [1.807, 2.05) is 6.07 Å². The molecule has 0 saturated carbocycles. The van der Waals surface area contributed by atoms with Crippen molar-refractivity contribution in [1.29, 1.82) is 0 Å². The summed E-state index contributed by atoms with van der Waals surface area (Å²) in [5.41, 5.74) is 1.05. The van der Waals surface area contributed by atoms with Crippen LogP contribution in [0.25, 0.3) is 0 Å². The molecule has 0 radical (unpaired) electrons. The molecule has 1 rings (SSSR count). The monoisotopic (exact) mass is 250 g/mol. The Morgan fingerprint density at radius 3 is 2.83 bits per heavy atom. The van der Waals surface area contributed by atoms with Crippen molar-refractivity contribution in [2.45, 2.75) is 32.1 Å². The highest BCUT2D eigenvalue weighted by Crippen LogP contribution is 2.11. The van der Waals surface area contributed by atoms with E-state index in [0.29, 0.717) is 10.7 Å². The summed E-state index contributed by atoms with van der Waals surface area (Å²) in [5, 5.41) is 2.19. The molecule has 0 aromatic carbocycles. The van der Waals surface area contributed by atoms with E-state index in [-0.39, 0.29) is 0 Å². The maximum Gasteiger partial charge on any atom is 0.0742 e. The van der Waals surface area contributed by atoms with Gasteiger partial charge in [-0.3, -0.25) is 0 Å². The molecule has 0 aliphatic rings.